The molecule has 2 N–H and O–H groups in total. The molecule has 0 unspecified atom stereocenters. The first kappa shape index (κ1) is 19.6. The molecular formula is C24H31NSi2. The molecule has 0 aliphatic rings. The third kappa shape index (κ3) is 4.25. The Morgan fingerprint density at radius 2 is 0.852 bits per heavy atom. The van der Waals surface area contributed by atoms with Crippen molar-refractivity contribution in [2.24, 2.45) is 0 Å². The van der Waals surface area contributed by atoms with Crippen LogP contribution in [0.5, 0.6) is 0 Å². The molecular weight excluding hydrogens is 358 g/mol. The maximum Gasteiger partial charge on any atom is 0.0775 e. The Labute approximate surface area is 166 Å². The predicted octanol–water partition coefficient (Wildman–Crippen LogP) is 5.69. The van der Waals surface area contributed by atoms with Gasteiger partial charge >= 0.3 is 0 Å². The lowest BCUT2D eigenvalue weighted by atomic mass is 9.96. The van der Waals surface area contributed by atoms with E-state index in [0.29, 0.717) is 0 Å². The van der Waals surface area contributed by atoms with Gasteiger partial charge in [-0.3, -0.25) is 0 Å². The van der Waals surface area contributed by atoms with E-state index >= 15 is 0 Å². The topological polar surface area (TPSA) is 26.0 Å². The zero-order chi connectivity index (χ0) is 19.8. The van der Waals surface area contributed by atoms with Gasteiger partial charge in [-0.25, -0.2) is 0 Å². The summed E-state index contributed by atoms with van der Waals surface area (Å²) in [6.45, 7) is 14.3. The van der Waals surface area contributed by atoms with Crippen molar-refractivity contribution in [3.63, 3.8) is 0 Å². The highest BCUT2D eigenvalue weighted by atomic mass is 28.3. The normalized spacial score (nSPS) is 12.2. The van der Waals surface area contributed by atoms with Crippen molar-refractivity contribution in [1.29, 1.82) is 0 Å². The number of benzene rings is 3. The molecule has 3 rings (SSSR count). The van der Waals surface area contributed by atoms with E-state index in [1.54, 1.807) is 0 Å². The molecule has 0 saturated carbocycles. The molecule has 0 amide bonds. The van der Waals surface area contributed by atoms with Gasteiger partial charge in [0, 0.05) is 16.8 Å². The highest BCUT2D eigenvalue weighted by molar-refractivity contribution is 6.89. The van der Waals surface area contributed by atoms with E-state index in [0.717, 1.165) is 16.8 Å². The fourth-order valence-electron chi connectivity index (χ4n) is 3.37. The number of anilines is 1. The van der Waals surface area contributed by atoms with Gasteiger partial charge in [0.15, 0.2) is 0 Å². The van der Waals surface area contributed by atoms with Gasteiger partial charge in [-0.05, 0) is 11.1 Å². The predicted molar refractivity (Wildman–Crippen MR) is 128 cm³/mol. The fraction of sp³-hybridized carbons (Fsp3) is 0.250. The van der Waals surface area contributed by atoms with Gasteiger partial charge in [-0.2, -0.15) is 0 Å². The van der Waals surface area contributed by atoms with Crippen LogP contribution in [-0.2, 0) is 0 Å². The summed E-state index contributed by atoms with van der Waals surface area (Å²) in [6, 6.07) is 24.3. The van der Waals surface area contributed by atoms with Gasteiger partial charge < -0.3 is 5.73 Å². The minimum atomic E-state index is -1.28. The summed E-state index contributed by atoms with van der Waals surface area (Å²) in [7, 11) is -2.57. The summed E-state index contributed by atoms with van der Waals surface area (Å²) in [4.78, 5) is 0. The number of hydrogen-bond donors (Lipinski definition) is 1. The first-order chi connectivity index (χ1) is 12.6. The Morgan fingerprint density at radius 1 is 0.519 bits per heavy atom. The molecule has 0 fully saturated rings. The zero-order valence-electron chi connectivity index (χ0n) is 17.4. The van der Waals surface area contributed by atoms with Gasteiger partial charge in [0.1, 0.15) is 0 Å². The molecule has 0 spiro atoms. The summed E-state index contributed by atoms with van der Waals surface area (Å²) < 4.78 is 0. The largest absolute Gasteiger partial charge is 0.398 e. The molecule has 0 radical (unpaired) electrons. The van der Waals surface area contributed by atoms with Crippen LogP contribution in [0.2, 0.25) is 39.3 Å². The SMILES string of the molecule is C[Si](C)(C)c1ccc(-c2cccc(-c3ccc([Si](C)(C)C)cc3)c2N)cc1. The van der Waals surface area contributed by atoms with Crippen molar-refractivity contribution in [3.8, 4) is 22.3 Å². The van der Waals surface area contributed by atoms with Crippen molar-refractivity contribution < 1.29 is 0 Å². The van der Waals surface area contributed by atoms with E-state index in [9.17, 15) is 0 Å². The van der Waals surface area contributed by atoms with Crippen LogP contribution >= 0.6 is 0 Å². The number of para-hydroxylation sites is 1. The first-order valence-corrected chi connectivity index (χ1v) is 16.7. The Hall–Kier alpha value is -2.11. The third-order valence-corrected chi connectivity index (χ3v) is 9.36. The standard InChI is InChI=1S/C24H31NSi2/c1-26(2,3)20-14-10-18(11-15-20)22-8-7-9-23(24(22)25)19-12-16-21(17-13-19)27(4,5)6/h7-17H,25H2,1-6H3. The summed E-state index contributed by atoms with van der Waals surface area (Å²) in [5.74, 6) is 0. The van der Waals surface area contributed by atoms with E-state index in [1.807, 2.05) is 0 Å². The smallest absolute Gasteiger partial charge is 0.0775 e. The van der Waals surface area contributed by atoms with Crippen LogP contribution in [0.3, 0.4) is 0 Å². The van der Waals surface area contributed by atoms with Gasteiger partial charge in [0.2, 0.25) is 0 Å². The number of hydrogen-bond acceptors (Lipinski definition) is 1. The molecule has 0 atom stereocenters. The van der Waals surface area contributed by atoms with Gasteiger partial charge in [0.05, 0.1) is 16.1 Å². The van der Waals surface area contributed by atoms with Crippen LogP contribution in [0.1, 0.15) is 0 Å². The molecule has 27 heavy (non-hydrogen) atoms. The maximum absolute atomic E-state index is 6.61. The Bertz CT molecular complexity index is 852. The molecule has 0 bridgehead atoms. The number of nitrogen functional groups attached to an aromatic ring is 1. The summed E-state index contributed by atoms with van der Waals surface area (Å²) in [6.07, 6.45) is 0. The summed E-state index contributed by atoms with van der Waals surface area (Å²) in [5, 5.41) is 2.95. The Balaban J connectivity index is 1.99. The maximum atomic E-state index is 6.61. The molecule has 0 aliphatic heterocycles. The minimum Gasteiger partial charge on any atom is -0.398 e. The molecule has 0 heterocycles. The molecule has 3 aromatic carbocycles. The van der Waals surface area contributed by atoms with Crippen LogP contribution in [-0.4, -0.2) is 16.1 Å². The molecule has 140 valence electrons. The van der Waals surface area contributed by atoms with Gasteiger partial charge in [-0.15, -0.1) is 0 Å². The van der Waals surface area contributed by atoms with Crippen molar-refractivity contribution >= 4 is 32.2 Å². The monoisotopic (exact) mass is 389 g/mol. The molecule has 0 saturated heterocycles. The zero-order valence-corrected chi connectivity index (χ0v) is 19.4. The van der Waals surface area contributed by atoms with E-state index in [4.69, 9.17) is 5.73 Å². The average Bonchev–Trinajstić information content (AvgIpc) is 2.61. The minimum absolute atomic E-state index is 0.860. The first-order valence-electron chi connectivity index (χ1n) is 9.68. The van der Waals surface area contributed by atoms with Crippen LogP contribution in [0.15, 0.2) is 66.7 Å². The van der Waals surface area contributed by atoms with E-state index in [-0.39, 0.29) is 0 Å². The lowest BCUT2D eigenvalue weighted by Crippen LogP contribution is -2.37. The second-order valence-corrected chi connectivity index (χ2v) is 19.6. The van der Waals surface area contributed by atoms with Gasteiger partial charge in [0.25, 0.3) is 0 Å². The van der Waals surface area contributed by atoms with Crippen molar-refractivity contribution in [1.82, 2.24) is 0 Å². The van der Waals surface area contributed by atoms with Crippen LogP contribution in [0.25, 0.3) is 22.3 Å². The quantitative estimate of drug-likeness (QED) is 0.450. The summed E-state index contributed by atoms with van der Waals surface area (Å²) in [5.41, 5.74) is 12.1. The van der Waals surface area contributed by atoms with Crippen LogP contribution in [0.4, 0.5) is 5.69 Å². The molecule has 1 nitrogen and oxygen atoms in total. The Kier molecular flexibility index (Phi) is 5.19. The third-order valence-electron chi connectivity index (χ3n) is 5.23. The van der Waals surface area contributed by atoms with E-state index in [2.05, 4.69) is 106 Å². The lowest BCUT2D eigenvalue weighted by Gasteiger charge is -2.18. The lowest BCUT2D eigenvalue weighted by molar-refractivity contribution is 1.58. The molecule has 0 aromatic heterocycles. The average molecular weight is 390 g/mol. The molecule has 0 aliphatic carbocycles. The van der Waals surface area contributed by atoms with Crippen LogP contribution in [0, 0.1) is 0 Å². The number of rotatable bonds is 4. The second-order valence-electron chi connectivity index (χ2n) is 9.42. The molecule has 3 aromatic rings. The van der Waals surface area contributed by atoms with E-state index < -0.39 is 16.1 Å². The van der Waals surface area contributed by atoms with Crippen molar-refractivity contribution in [2.45, 2.75) is 39.3 Å². The summed E-state index contributed by atoms with van der Waals surface area (Å²) >= 11 is 0. The number of nitrogens with two attached hydrogens (primary N) is 1. The molecule has 3 heteroatoms. The van der Waals surface area contributed by atoms with Crippen molar-refractivity contribution in [3.05, 3.63) is 66.7 Å². The Morgan fingerprint density at radius 3 is 1.15 bits per heavy atom. The van der Waals surface area contributed by atoms with Gasteiger partial charge in [-0.1, -0.05) is 116 Å². The fourth-order valence-corrected chi connectivity index (χ4v) is 5.70. The van der Waals surface area contributed by atoms with Crippen molar-refractivity contribution in [2.75, 3.05) is 5.73 Å². The highest BCUT2D eigenvalue weighted by Crippen LogP contribution is 2.34. The highest BCUT2D eigenvalue weighted by Gasteiger charge is 2.18. The van der Waals surface area contributed by atoms with E-state index in [1.165, 1.54) is 21.5 Å². The van der Waals surface area contributed by atoms with Crippen LogP contribution < -0.4 is 16.1 Å². The second kappa shape index (κ2) is 7.14.